The van der Waals surface area contributed by atoms with Crippen LogP contribution in [0.4, 0.5) is 9.18 Å². The predicted molar refractivity (Wildman–Crippen MR) is 63.1 cm³/mol. The number of carbonyl (C=O) groups excluding carboxylic acids is 1. The molecule has 0 aromatic heterocycles. The molecule has 17 heavy (non-hydrogen) atoms. The highest BCUT2D eigenvalue weighted by molar-refractivity contribution is 5.74. The Labute approximate surface area is 100 Å². The molecular formula is C12H17FN2O2. The van der Waals surface area contributed by atoms with Gasteiger partial charge in [0.1, 0.15) is 5.82 Å². The first kappa shape index (κ1) is 13.4. The molecule has 0 saturated carbocycles. The van der Waals surface area contributed by atoms with Crippen LogP contribution in [0.1, 0.15) is 12.5 Å². The fourth-order valence-electron chi connectivity index (χ4n) is 1.35. The molecule has 2 N–H and O–H groups in total. The minimum absolute atomic E-state index is 0.0479. The van der Waals surface area contributed by atoms with Crippen LogP contribution >= 0.6 is 0 Å². The second-order valence-corrected chi connectivity index (χ2v) is 3.81. The number of ether oxygens (including phenoxy) is 1. The highest BCUT2D eigenvalue weighted by Gasteiger charge is 2.05. The maximum absolute atomic E-state index is 12.6. The zero-order chi connectivity index (χ0) is 12.7. The van der Waals surface area contributed by atoms with Crippen molar-refractivity contribution in [3.8, 4) is 0 Å². The zero-order valence-electron chi connectivity index (χ0n) is 10.00. The molecule has 2 amide bonds. The Morgan fingerprint density at radius 3 is 2.65 bits per heavy atom. The number of benzene rings is 1. The van der Waals surface area contributed by atoms with Crippen molar-refractivity contribution < 1.29 is 13.9 Å². The number of urea groups is 1. The average molecular weight is 240 g/mol. The Bertz CT molecular complexity index is 354. The molecule has 0 unspecified atom stereocenters. The second-order valence-electron chi connectivity index (χ2n) is 3.81. The van der Waals surface area contributed by atoms with Gasteiger partial charge in [0, 0.05) is 13.7 Å². The van der Waals surface area contributed by atoms with Crippen molar-refractivity contribution in [2.24, 2.45) is 0 Å². The number of carbonyl (C=O) groups is 1. The van der Waals surface area contributed by atoms with Crippen LogP contribution < -0.4 is 10.6 Å². The van der Waals surface area contributed by atoms with Gasteiger partial charge in [-0.15, -0.1) is 0 Å². The maximum atomic E-state index is 12.6. The van der Waals surface area contributed by atoms with Gasteiger partial charge in [0.15, 0.2) is 0 Å². The van der Waals surface area contributed by atoms with E-state index in [0.29, 0.717) is 13.2 Å². The van der Waals surface area contributed by atoms with E-state index >= 15 is 0 Å². The fraction of sp³-hybridized carbons (Fsp3) is 0.417. The van der Waals surface area contributed by atoms with Gasteiger partial charge >= 0.3 is 6.03 Å². The average Bonchev–Trinajstić information content (AvgIpc) is 2.28. The lowest BCUT2D eigenvalue weighted by molar-refractivity contribution is 0.171. The van der Waals surface area contributed by atoms with Gasteiger partial charge in [-0.05, 0) is 24.6 Å². The molecule has 1 aromatic carbocycles. The molecule has 1 atom stereocenters. The van der Waals surface area contributed by atoms with Gasteiger partial charge in [-0.3, -0.25) is 0 Å². The van der Waals surface area contributed by atoms with Gasteiger partial charge in [0.25, 0.3) is 0 Å². The molecule has 0 heterocycles. The van der Waals surface area contributed by atoms with Crippen LogP contribution in [-0.2, 0) is 11.3 Å². The van der Waals surface area contributed by atoms with Crippen LogP contribution in [-0.4, -0.2) is 25.8 Å². The summed E-state index contributed by atoms with van der Waals surface area (Å²) in [5.74, 6) is -0.285. The van der Waals surface area contributed by atoms with Crippen molar-refractivity contribution >= 4 is 6.03 Å². The molecule has 0 fully saturated rings. The third kappa shape index (κ3) is 5.31. The summed E-state index contributed by atoms with van der Waals surface area (Å²) in [5, 5.41) is 5.39. The van der Waals surface area contributed by atoms with E-state index in [4.69, 9.17) is 4.74 Å². The lowest BCUT2D eigenvalue weighted by atomic mass is 10.2. The first-order chi connectivity index (χ1) is 8.11. The van der Waals surface area contributed by atoms with Gasteiger partial charge < -0.3 is 15.4 Å². The summed E-state index contributed by atoms with van der Waals surface area (Å²) in [5.41, 5.74) is 0.848. The molecule has 0 aliphatic heterocycles. The van der Waals surface area contributed by atoms with Crippen LogP contribution in [0.15, 0.2) is 24.3 Å². The first-order valence-corrected chi connectivity index (χ1v) is 5.39. The Morgan fingerprint density at radius 1 is 1.41 bits per heavy atom. The summed E-state index contributed by atoms with van der Waals surface area (Å²) in [7, 11) is 1.58. The zero-order valence-corrected chi connectivity index (χ0v) is 10.00. The van der Waals surface area contributed by atoms with Crippen molar-refractivity contribution in [2.45, 2.75) is 19.5 Å². The van der Waals surface area contributed by atoms with Gasteiger partial charge in [-0.25, -0.2) is 9.18 Å². The van der Waals surface area contributed by atoms with Crippen molar-refractivity contribution in [3.63, 3.8) is 0 Å². The largest absolute Gasteiger partial charge is 0.383 e. The Morgan fingerprint density at radius 2 is 2.06 bits per heavy atom. The molecule has 5 heteroatoms. The predicted octanol–water partition coefficient (Wildman–Crippen LogP) is 1.66. The normalized spacial score (nSPS) is 11.9. The van der Waals surface area contributed by atoms with Crippen LogP contribution in [0.2, 0.25) is 0 Å². The molecule has 4 nitrogen and oxygen atoms in total. The van der Waals surface area contributed by atoms with Gasteiger partial charge in [-0.1, -0.05) is 12.1 Å². The molecule has 0 bridgehead atoms. The van der Waals surface area contributed by atoms with E-state index < -0.39 is 0 Å². The summed E-state index contributed by atoms with van der Waals surface area (Å²) in [4.78, 5) is 11.4. The molecule has 0 radical (unpaired) electrons. The molecule has 0 aliphatic carbocycles. The minimum Gasteiger partial charge on any atom is -0.383 e. The van der Waals surface area contributed by atoms with E-state index in [1.165, 1.54) is 12.1 Å². The second kappa shape index (κ2) is 6.85. The third-order valence-electron chi connectivity index (χ3n) is 2.16. The summed E-state index contributed by atoms with van der Waals surface area (Å²) in [6.45, 7) is 2.68. The molecule has 1 aromatic rings. The van der Waals surface area contributed by atoms with E-state index in [9.17, 15) is 9.18 Å². The van der Waals surface area contributed by atoms with Gasteiger partial charge in [0.05, 0.1) is 12.6 Å². The molecule has 0 spiro atoms. The van der Waals surface area contributed by atoms with Gasteiger partial charge in [0.2, 0.25) is 0 Å². The number of amides is 2. The summed E-state index contributed by atoms with van der Waals surface area (Å²) >= 11 is 0. The van der Waals surface area contributed by atoms with Crippen molar-refractivity contribution in [2.75, 3.05) is 13.7 Å². The molecule has 0 saturated heterocycles. The lowest BCUT2D eigenvalue weighted by Crippen LogP contribution is -2.42. The number of hydrogen-bond donors (Lipinski definition) is 2. The quantitative estimate of drug-likeness (QED) is 0.822. The summed E-state index contributed by atoms with van der Waals surface area (Å²) < 4.78 is 17.5. The van der Waals surface area contributed by atoms with E-state index in [2.05, 4.69) is 10.6 Å². The van der Waals surface area contributed by atoms with Crippen LogP contribution in [0, 0.1) is 5.82 Å². The van der Waals surface area contributed by atoms with Crippen molar-refractivity contribution in [1.29, 1.82) is 0 Å². The lowest BCUT2D eigenvalue weighted by Gasteiger charge is -2.13. The van der Waals surface area contributed by atoms with E-state index in [1.54, 1.807) is 19.2 Å². The van der Waals surface area contributed by atoms with Crippen LogP contribution in [0.25, 0.3) is 0 Å². The smallest absolute Gasteiger partial charge is 0.315 e. The maximum Gasteiger partial charge on any atom is 0.315 e. The van der Waals surface area contributed by atoms with Crippen molar-refractivity contribution in [3.05, 3.63) is 35.6 Å². The number of halogens is 1. The number of nitrogens with one attached hydrogen (secondary N) is 2. The molecular weight excluding hydrogens is 223 g/mol. The van der Waals surface area contributed by atoms with Crippen LogP contribution in [0.5, 0.6) is 0 Å². The van der Waals surface area contributed by atoms with Crippen molar-refractivity contribution in [1.82, 2.24) is 10.6 Å². The monoisotopic (exact) mass is 240 g/mol. The van der Waals surface area contributed by atoms with Gasteiger partial charge in [-0.2, -0.15) is 0 Å². The topological polar surface area (TPSA) is 50.4 Å². The molecule has 94 valence electrons. The first-order valence-electron chi connectivity index (χ1n) is 5.39. The summed E-state index contributed by atoms with van der Waals surface area (Å²) in [6, 6.07) is 5.68. The SMILES string of the molecule is COC[C@H](C)NC(=O)NCc1ccc(F)cc1. The number of rotatable bonds is 5. The highest BCUT2D eigenvalue weighted by Crippen LogP contribution is 2.01. The Hall–Kier alpha value is -1.62. The minimum atomic E-state index is -0.285. The number of methoxy groups -OCH3 is 1. The van der Waals surface area contributed by atoms with E-state index in [1.807, 2.05) is 6.92 Å². The highest BCUT2D eigenvalue weighted by atomic mass is 19.1. The standard InChI is InChI=1S/C12H17FN2O2/c1-9(8-17-2)15-12(16)14-7-10-3-5-11(13)6-4-10/h3-6,9H,7-8H2,1-2H3,(H2,14,15,16)/t9-/m0/s1. The van der Waals surface area contributed by atoms with E-state index in [-0.39, 0.29) is 17.9 Å². The van der Waals surface area contributed by atoms with Crippen LogP contribution in [0.3, 0.4) is 0 Å². The van der Waals surface area contributed by atoms with E-state index in [0.717, 1.165) is 5.56 Å². The third-order valence-corrected chi connectivity index (χ3v) is 2.16. The summed E-state index contributed by atoms with van der Waals surface area (Å²) in [6.07, 6.45) is 0. The molecule has 1 rings (SSSR count). The molecule has 0 aliphatic rings. The number of hydrogen-bond acceptors (Lipinski definition) is 2. The Kier molecular flexibility index (Phi) is 5.42. The Balaban J connectivity index is 2.30. The fourth-order valence-corrected chi connectivity index (χ4v) is 1.35.